The van der Waals surface area contributed by atoms with Gasteiger partial charge in [0.15, 0.2) is 0 Å². The molecule has 0 radical (unpaired) electrons. The van der Waals surface area contributed by atoms with E-state index in [1.165, 1.54) is 45.1 Å². The number of carbonyl (C=O) groups excluding carboxylic acids is 1. The number of aromatic amines is 2. The van der Waals surface area contributed by atoms with E-state index in [9.17, 15) is 4.79 Å². The molecule has 2 aromatic carbocycles. The third-order valence-electron chi connectivity index (χ3n) is 7.46. The summed E-state index contributed by atoms with van der Waals surface area (Å²) in [6, 6.07) is 15.2. The van der Waals surface area contributed by atoms with Gasteiger partial charge in [0.05, 0.1) is 7.11 Å². The molecule has 1 aliphatic rings. The second kappa shape index (κ2) is 10.7. The predicted molar refractivity (Wildman–Crippen MR) is 146 cm³/mol. The molecule has 0 saturated carbocycles. The molecule has 7 heteroatoms. The van der Waals surface area contributed by atoms with E-state index in [2.05, 4.69) is 65.2 Å². The number of benzene rings is 2. The van der Waals surface area contributed by atoms with Crippen LogP contribution in [0.15, 0.2) is 54.7 Å². The van der Waals surface area contributed by atoms with Crippen molar-refractivity contribution in [3.8, 4) is 5.75 Å². The molecule has 1 unspecified atom stereocenters. The molecule has 2 aromatic heterocycles. The predicted octanol–water partition coefficient (Wildman–Crippen LogP) is 5.37. The van der Waals surface area contributed by atoms with Crippen LogP contribution in [0.3, 0.4) is 0 Å². The van der Waals surface area contributed by atoms with Crippen LogP contribution in [0.25, 0.3) is 17.0 Å². The second-order valence-electron chi connectivity index (χ2n) is 9.87. The van der Waals surface area contributed by atoms with E-state index >= 15 is 0 Å². The van der Waals surface area contributed by atoms with Gasteiger partial charge in [-0.2, -0.15) is 0 Å². The highest BCUT2D eigenvalue weighted by Gasteiger charge is 2.28. The van der Waals surface area contributed by atoms with Crippen molar-refractivity contribution < 1.29 is 14.7 Å². The summed E-state index contributed by atoms with van der Waals surface area (Å²) < 4.78 is 5.38. The van der Waals surface area contributed by atoms with Gasteiger partial charge in [-0.05, 0) is 85.2 Å². The first kappa shape index (κ1) is 24.9. The maximum Gasteiger partial charge on any atom is 0.267 e. The molecule has 0 bridgehead atoms. The molecule has 0 fully saturated rings. The smallest absolute Gasteiger partial charge is 0.267 e. The van der Waals surface area contributed by atoms with E-state index < -0.39 is 5.91 Å². The van der Waals surface area contributed by atoms with Crippen LogP contribution in [-0.2, 0) is 24.2 Å². The van der Waals surface area contributed by atoms with E-state index in [0.717, 1.165) is 49.2 Å². The summed E-state index contributed by atoms with van der Waals surface area (Å²) in [6.07, 6.45) is 8.20. The standard InChI is InChI=1S/C30H34N4O3/c1-19-14-24(20(2)32-19)18-34(13-12-23-17-31-28-16-25(37-3)7-9-26(23)28)29-10-6-22-15-21(4-8-27(22)29)5-11-30(35)33-36/h4-5,7-9,11,14-17,29,31-32,36H,6,10,12-13,18H2,1-3H3,(H,33,35)/b11-5+. The second-order valence-corrected chi connectivity index (χ2v) is 9.87. The highest BCUT2D eigenvalue weighted by molar-refractivity contribution is 5.90. The summed E-state index contributed by atoms with van der Waals surface area (Å²) in [4.78, 5) is 20.9. The number of hydrogen-bond donors (Lipinski definition) is 4. The molecular formula is C30H34N4O3. The van der Waals surface area contributed by atoms with Gasteiger partial charge >= 0.3 is 0 Å². The van der Waals surface area contributed by atoms with Gasteiger partial charge in [0.1, 0.15) is 5.75 Å². The summed E-state index contributed by atoms with van der Waals surface area (Å²) in [7, 11) is 1.69. The van der Waals surface area contributed by atoms with Crippen LogP contribution < -0.4 is 10.2 Å². The minimum Gasteiger partial charge on any atom is -0.497 e. The normalized spacial score (nSPS) is 15.1. The molecule has 0 aliphatic heterocycles. The minimum absolute atomic E-state index is 0.327. The van der Waals surface area contributed by atoms with Crippen molar-refractivity contribution in [2.45, 2.75) is 45.7 Å². The summed E-state index contributed by atoms with van der Waals surface area (Å²) in [5.74, 6) is 0.326. The summed E-state index contributed by atoms with van der Waals surface area (Å²) in [6.45, 7) is 6.08. The first-order valence-electron chi connectivity index (χ1n) is 12.7. The largest absolute Gasteiger partial charge is 0.497 e. The fourth-order valence-electron chi connectivity index (χ4n) is 5.58. The number of hydroxylamine groups is 1. The fourth-order valence-corrected chi connectivity index (χ4v) is 5.58. The summed E-state index contributed by atoms with van der Waals surface area (Å²) >= 11 is 0. The number of rotatable bonds is 9. The van der Waals surface area contributed by atoms with Crippen LogP contribution in [0.4, 0.5) is 0 Å². The van der Waals surface area contributed by atoms with Crippen LogP contribution in [0.1, 0.15) is 51.7 Å². The minimum atomic E-state index is -0.530. The molecule has 0 saturated heterocycles. The number of nitrogens with zero attached hydrogens (tertiary/aromatic N) is 1. The molecule has 4 N–H and O–H groups in total. The lowest BCUT2D eigenvalue weighted by atomic mass is 10.0. The Morgan fingerprint density at radius 3 is 2.81 bits per heavy atom. The Kier molecular flexibility index (Phi) is 7.17. The van der Waals surface area contributed by atoms with Gasteiger partial charge < -0.3 is 14.7 Å². The highest BCUT2D eigenvalue weighted by Crippen LogP contribution is 2.38. The lowest BCUT2D eigenvalue weighted by molar-refractivity contribution is -0.124. The van der Waals surface area contributed by atoms with E-state index in [1.54, 1.807) is 18.7 Å². The topological polar surface area (TPSA) is 93.4 Å². The van der Waals surface area contributed by atoms with Crippen LogP contribution in [-0.4, -0.2) is 39.6 Å². The van der Waals surface area contributed by atoms with Crippen molar-refractivity contribution in [2.75, 3.05) is 13.7 Å². The first-order chi connectivity index (χ1) is 17.9. The Morgan fingerprint density at radius 2 is 2.05 bits per heavy atom. The average molecular weight is 499 g/mol. The number of H-pyrrole nitrogens is 2. The average Bonchev–Trinajstić information content (AvgIpc) is 3.60. The van der Waals surface area contributed by atoms with Gasteiger partial charge in [-0.15, -0.1) is 0 Å². The van der Waals surface area contributed by atoms with E-state index in [4.69, 9.17) is 9.94 Å². The first-order valence-corrected chi connectivity index (χ1v) is 12.7. The molecule has 7 nitrogen and oxygen atoms in total. The lowest BCUT2D eigenvalue weighted by Gasteiger charge is -2.30. The van der Waals surface area contributed by atoms with E-state index in [1.807, 2.05) is 12.1 Å². The van der Waals surface area contributed by atoms with Crippen LogP contribution in [0.2, 0.25) is 0 Å². The molecule has 192 valence electrons. The van der Waals surface area contributed by atoms with E-state index in [-0.39, 0.29) is 0 Å². The van der Waals surface area contributed by atoms with Gasteiger partial charge in [-0.3, -0.25) is 14.9 Å². The number of aryl methyl sites for hydroxylation is 3. The van der Waals surface area contributed by atoms with Crippen molar-refractivity contribution in [2.24, 2.45) is 0 Å². The molecule has 4 aromatic rings. The zero-order chi connectivity index (χ0) is 25.9. The van der Waals surface area contributed by atoms with Gasteiger partial charge in [0.2, 0.25) is 0 Å². The van der Waals surface area contributed by atoms with Crippen LogP contribution in [0, 0.1) is 13.8 Å². The lowest BCUT2D eigenvalue weighted by Crippen LogP contribution is -2.29. The molecule has 1 atom stereocenters. The highest BCUT2D eigenvalue weighted by atomic mass is 16.5. The zero-order valence-corrected chi connectivity index (χ0v) is 21.6. The van der Waals surface area contributed by atoms with Crippen molar-refractivity contribution in [3.63, 3.8) is 0 Å². The van der Waals surface area contributed by atoms with Crippen molar-refractivity contribution in [1.29, 1.82) is 0 Å². The molecule has 0 spiro atoms. The van der Waals surface area contributed by atoms with E-state index in [0.29, 0.717) is 6.04 Å². The van der Waals surface area contributed by atoms with Crippen LogP contribution >= 0.6 is 0 Å². The third-order valence-corrected chi connectivity index (χ3v) is 7.46. The molecule has 37 heavy (non-hydrogen) atoms. The number of aromatic nitrogens is 2. The Balaban J connectivity index is 1.40. The number of nitrogens with one attached hydrogen (secondary N) is 3. The number of carbonyl (C=O) groups is 1. The number of hydrogen-bond acceptors (Lipinski definition) is 4. The number of ether oxygens (including phenoxy) is 1. The van der Waals surface area contributed by atoms with Crippen molar-refractivity contribution in [1.82, 2.24) is 20.3 Å². The Bertz CT molecular complexity index is 1450. The maximum atomic E-state index is 11.4. The number of fused-ring (bicyclic) bond motifs is 2. The quantitative estimate of drug-likeness (QED) is 0.142. The summed E-state index contributed by atoms with van der Waals surface area (Å²) in [5, 5.41) is 9.98. The van der Waals surface area contributed by atoms with Crippen molar-refractivity contribution >= 4 is 22.9 Å². The van der Waals surface area contributed by atoms with Crippen LogP contribution in [0.5, 0.6) is 5.75 Å². The SMILES string of the molecule is COc1ccc2c(CCN(Cc3cc(C)[nH]c3C)C3CCc4cc(/C=C/C(=O)NO)ccc43)c[nH]c2c1. The maximum absolute atomic E-state index is 11.4. The zero-order valence-electron chi connectivity index (χ0n) is 21.6. The Morgan fingerprint density at radius 1 is 1.19 bits per heavy atom. The number of amides is 1. The molecule has 2 heterocycles. The Labute approximate surface area is 217 Å². The molecular weight excluding hydrogens is 464 g/mol. The number of methoxy groups -OCH3 is 1. The molecule has 1 amide bonds. The van der Waals surface area contributed by atoms with Gasteiger partial charge in [-0.25, -0.2) is 5.48 Å². The van der Waals surface area contributed by atoms with Gasteiger partial charge in [0, 0.05) is 59.8 Å². The summed E-state index contributed by atoms with van der Waals surface area (Å²) in [5.41, 5.74) is 11.4. The third kappa shape index (κ3) is 5.33. The van der Waals surface area contributed by atoms with Gasteiger partial charge in [0.25, 0.3) is 5.91 Å². The fraction of sp³-hybridized carbons (Fsp3) is 0.300. The molecule has 1 aliphatic carbocycles. The monoisotopic (exact) mass is 498 g/mol. The van der Waals surface area contributed by atoms with Crippen molar-refractivity contribution in [3.05, 3.63) is 93.9 Å². The molecule has 5 rings (SSSR count). The Hall–Kier alpha value is -3.81. The van der Waals surface area contributed by atoms with Gasteiger partial charge in [-0.1, -0.05) is 18.2 Å².